The van der Waals surface area contributed by atoms with Crippen LogP contribution in [0.15, 0.2) is 6.07 Å². The molecular weight excluding hydrogens is 240 g/mol. The summed E-state index contributed by atoms with van der Waals surface area (Å²) >= 11 is 5.66. The van der Waals surface area contributed by atoms with E-state index in [-0.39, 0.29) is 17.3 Å². The van der Waals surface area contributed by atoms with Crippen molar-refractivity contribution in [3.05, 3.63) is 28.0 Å². The fourth-order valence-electron chi connectivity index (χ4n) is 1.18. The van der Waals surface area contributed by atoms with Crippen molar-refractivity contribution in [2.45, 2.75) is 20.3 Å². The Balaban J connectivity index is 3.24. The van der Waals surface area contributed by atoms with E-state index in [1.165, 1.54) is 6.92 Å². The highest BCUT2D eigenvalue weighted by Gasteiger charge is 2.21. The van der Waals surface area contributed by atoms with E-state index in [9.17, 15) is 13.6 Å². The molecule has 1 heterocycles. The number of aryl methyl sites for hydroxylation is 1. The first-order valence-electron chi connectivity index (χ1n) is 4.59. The summed E-state index contributed by atoms with van der Waals surface area (Å²) in [6.45, 7) is 3.25. The van der Waals surface area contributed by atoms with Gasteiger partial charge in [0.15, 0.2) is 5.69 Å². The molecule has 0 saturated heterocycles. The van der Waals surface area contributed by atoms with Crippen LogP contribution in [0.25, 0.3) is 0 Å². The van der Waals surface area contributed by atoms with Crippen LogP contribution in [0.4, 0.5) is 8.78 Å². The normalized spacial score (nSPS) is 10.6. The smallest absolute Gasteiger partial charge is 0.358 e. The maximum absolute atomic E-state index is 12.6. The summed E-state index contributed by atoms with van der Waals surface area (Å²) in [5.74, 6) is -0.793. The Kier molecular flexibility index (Phi) is 4.18. The minimum Gasteiger partial charge on any atom is -0.461 e. The Morgan fingerprint density at radius 3 is 2.75 bits per heavy atom. The van der Waals surface area contributed by atoms with E-state index >= 15 is 0 Å². The largest absolute Gasteiger partial charge is 0.461 e. The monoisotopic (exact) mass is 249 g/mol. The van der Waals surface area contributed by atoms with Crippen molar-refractivity contribution < 1.29 is 18.3 Å². The van der Waals surface area contributed by atoms with Gasteiger partial charge in [0.2, 0.25) is 0 Å². The molecule has 0 aliphatic carbocycles. The molecule has 88 valence electrons. The van der Waals surface area contributed by atoms with E-state index in [0.717, 1.165) is 6.07 Å². The topological polar surface area (TPSA) is 39.2 Å². The molecule has 3 nitrogen and oxygen atoms in total. The van der Waals surface area contributed by atoms with Crippen molar-refractivity contribution in [1.29, 1.82) is 0 Å². The molecule has 0 N–H and O–H groups in total. The molecule has 1 aromatic rings. The number of hydrogen-bond donors (Lipinski definition) is 0. The molecule has 0 saturated carbocycles. The fraction of sp³-hybridized carbons (Fsp3) is 0.400. The first kappa shape index (κ1) is 12.8. The van der Waals surface area contributed by atoms with Crippen LogP contribution < -0.4 is 0 Å². The fourth-order valence-corrected chi connectivity index (χ4v) is 1.43. The minimum atomic E-state index is -2.75. The average molecular weight is 250 g/mol. The molecule has 0 fully saturated rings. The van der Waals surface area contributed by atoms with Gasteiger partial charge in [-0.1, -0.05) is 11.6 Å². The molecule has 0 atom stereocenters. The number of ether oxygens (including phenoxy) is 1. The lowest BCUT2D eigenvalue weighted by Gasteiger charge is -2.09. The Morgan fingerprint density at radius 1 is 1.62 bits per heavy atom. The summed E-state index contributed by atoms with van der Waals surface area (Å²) in [6.07, 6.45) is -2.75. The summed E-state index contributed by atoms with van der Waals surface area (Å²) < 4.78 is 29.8. The van der Waals surface area contributed by atoms with Gasteiger partial charge in [-0.15, -0.1) is 0 Å². The highest BCUT2D eigenvalue weighted by Crippen LogP contribution is 2.29. The van der Waals surface area contributed by atoms with Gasteiger partial charge < -0.3 is 4.74 Å². The third-order valence-electron chi connectivity index (χ3n) is 1.82. The first-order chi connectivity index (χ1) is 7.47. The van der Waals surface area contributed by atoms with Crippen molar-refractivity contribution >= 4 is 17.6 Å². The van der Waals surface area contributed by atoms with Gasteiger partial charge in [0, 0.05) is 11.3 Å². The van der Waals surface area contributed by atoms with Crippen LogP contribution in [0.3, 0.4) is 0 Å². The van der Waals surface area contributed by atoms with Gasteiger partial charge in [0.05, 0.1) is 11.6 Å². The molecule has 0 radical (unpaired) electrons. The van der Waals surface area contributed by atoms with Crippen LogP contribution in [0.5, 0.6) is 0 Å². The lowest BCUT2D eigenvalue weighted by molar-refractivity contribution is 0.0519. The number of hydrogen-bond acceptors (Lipinski definition) is 3. The van der Waals surface area contributed by atoms with Crippen LogP contribution >= 0.6 is 11.6 Å². The summed E-state index contributed by atoms with van der Waals surface area (Å²) in [7, 11) is 0. The summed E-state index contributed by atoms with van der Waals surface area (Å²) in [4.78, 5) is 15.2. The quantitative estimate of drug-likeness (QED) is 0.773. The standard InChI is InChI=1S/C10H10ClF2NO2/c1-3-16-10(15)8-7(11)6(9(12)13)4-5(2)14-8/h4,9H,3H2,1-2H3. The summed E-state index contributed by atoms with van der Waals surface area (Å²) in [6, 6.07) is 1.15. The predicted octanol–water partition coefficient (Wildman–Crippen LogP) is 3.16. The third-order valence-corrected chi connectivity index (χ3v) is 2.22. The van der Waals surface area contributed by atoms with Gasteiger partial charge in [-0.25, -0.2) is 18.6 Å². The first-order valence-corrected chi connectivity index (χ1v) is 4.97. The predicted molar refractivity (Wildman–Crippen MR) is 54.9 cm³/mol. The van der Waals surface area contributed by atoms with Gasteiger partial charge in [-0.05, 0) is 19.9 Å². The summed E-state index contributed by atoms with van der Waals surface area (Å²) in [5, 5.41) is -0.348. The van der Waals surface area contributed by atoms with Crippen molar-refractivity contribution in [3.8, 4) is 0 Å². The molecule has 0 unspecified atom stereocenters. The third kappa shape index (κ3) is 2.66. The Morgan fingerprint density at radius 2 is 2.25 bits per heavy atom. The zero-order valence-corrected chi connectivity index (χ0v) is 9.52. The molecule has 0 bridgehead atoms. The second-order valence-electron chi connectivity index (χ2n) is 3.04. The zero-order chi connectivity index (χ0) is 12.3. The number of rotatable bonds is 3. The molecule has 0 spiro atoms. The van der Waals surface area contributed by atoms with Crippen LogP contribution in [0.2, 0.25) is 5.02 Å². The van der Waals surface area contributed by atoms with Gasteiger partial charge in [-0.2, -0.15) is 0 Å². The summed E-state index contributed by atoms with van der Waals surface area (Å²) in [5.41, 5.74) is -0.376. The van der Waals surface area contributed by atoms with Crippen molar-refractivity contribution in [1.82, 2.24) is 4.98 Å². The molecule has 1 rings (SSSR count). The van der Waals surface area contributed by atoms with Gasteiger partial charge in [0.1, 0.15) is 0 Å². The maximum atomic E-state index is 12.6. The lowest BCUT2D eigenvalue weighted by atomic mass is 10.2. The van der Waals surface area contributed by atoms with Crippen LogP contribution in [-0.2, 0) is 4.74 Å². The highest BCUT2D eigenvalue weighted by atomic mass is 35.5. The number of aromatic nitrogens is 1. The Bertz CT molecular complexity index is 410. The lowest BCUT2D eigenvalue weighted by Crippen LogP contribution is -2.10. The number of halogens is 3. The van der Waals surface area contributed by atoms with E-state index < -0.39 is 18.0 Å². The second-order valence-corrected chi connectivity index (χ2v) is 3.41. The van der Waals surface area contributed by atoms with E-state index in [1.54, 1.807) is 6.92 Å². The molecule has 0 aliphatic rings. The molecule has 6 heteroatoms. The Hall–Kier alpha value is -1.23. The molecular formula is C10H10ClF2NO2. The van der Waals surface area contributed by atoms with Crippen molar-refractivity contribution in [2.75, 3.05) is 6.61 Å². The van der Waals surface area contributed by atoms with E-state index in [4.69, 9.17) is 11.6 Å². The SMILES string of the molecule is CCOC(=O)c1nc(C)cc(C(F)F)c1Cl. The van der Waals surface area contributed by atoms with E-state index in [2.05, 4.69) is 9.72 Å². The zero-order valence-electron chi connectivity index (χ0n) is 8.76. The van der Waals surface area contributed by atoms with E-state index in [0.29, 0.717) is 5.69 Å². The number of esters is 1. The number of pyridine rings is 1. The molecule has 16 heavy (non-hydrogen) atoms. The van der Waals surface area contributed by atoms with Crippen LogP contribution in [0, 0.1) is 6.92 Å². The molecule has 1 aromatic heterocycles. The average Bonchev–Trinajstić information content (AvgIpc) is 2.20. The maximum Gasteiger partial charge on any atom is 0.358 e. The number of carbonyl (C=O) groups is 1. The van der Waals surface area contributed by atoms with Crippen LogP contribution in [0.1, 0.15) is 35.1 Å². The molecule has 0 aromatic carbocycles. The Labute approximate surface area is 96.4 Å². The van der Waals surface area contributed by atoms with Crippen molar-refractivity contribution in [2.24, 2.45) is 0 Å². The van der Waals surface area contributed by atoms with Gasteiger partial charge >= 0.3 is 5.97 Å². The highest BCUT2D eigenvalue weighted by molar-refractivity contribution is 6.34. The van der Waals surface area contributed by atoms with Crippen LogP contribution in [-0.4, -0.2) is 17.6 Å². The van der Waals surface area contributed by atoms with Gasteiger partial charge in [-0.3, -0.25) is 0 Å². The van der Waals surface area contributed by atoms with Gasteiger partial charge in [0.25, 0.3) is 6.43 Å². The number of alkyl halides is 2. The minimum absolute atomic E-state index is 0.134. The molecule has 0 aliphatic heterocycles. The molecule has 0 amide bonds. The van der Waals surface area contributed by atoms with Crippen molar-refractivity contribution in [3.63, 3.8) is 0 Å². The second kappa shape index (κ2) is 5.21. The van der Waals surface area contributed by atoms with E-state index in [1.807, 2.05) is 0 Å². The number of nitrogens with zero attached hydrogens (tertiary/aromatic N) is 1. The number of carbonyl (C=O) groups excluding carboxylic acids is 1.